The molecular weight excluding hydrogens is 254 g/mol. The van der Waals surface area contributed by atoms with Gasteiger partial charge in [-0.1, -0.05) is 43.3 Å². The van der Waals surface area contributed by atoms with Crippen molar-refractivity contribution in [1.29, 1.82) is 0 Å². The van der Waals surface area contributed by atoms with Crippen LogP contribution < -0.4 is 10.6 Å². The molecule has 2 N–H and O–H groups in total. The largest absolute Gasteiger partial charge is 0.334 e. The smallest absolute Gasteiger partial charge is 0.321 e. The Hall–Kier alpha value is -2.14. The normalized spacial score (nSPS) is 10.1. The van der Waals surface area contributed by atoms with Gasteiger partial charge in [-0.3, -0.25) is 15.0 Å². The number of rotatable bonds is 7. The van der Waals surface area contributed by atoms with Crippen LogP contribution in [0.25, 0.3) is 0 Å². The van der Waals surface area contributed by atoms with Crippen LogP contribution in [-0.2, 0) is 11.3 Å². The maximum Gasteiger partial charge on any atom is 0.321 e. The summed E-state index contributed by atoms with van der Waals surface area (Å²) in [5.74, 6) is -0.315. The fourth-order valence-electron chi connectivity index (χ4n) is 1.70. The van der Waals surface area contributed by atoms with Crippen LogP contribution in [-0.4, -0.2) is 36.5 Å². The molecule has 1 aromatic carbocycles. The second-order valence-electron chi connectivity index (χ2n) is 4.34. The molecule has 20 heavy (non-hydrogen) atoms. The first-order valence-corrected chi connectivity index (χ1v) is 6.60. The molecule has 3 amide bonds. The molecule has 0 saturated carbocycles. The molecule has 5 nitrogen and oxygen atoms in total. The molecule has 108 valence electrons. The Kier molecular flexibility index (Phi) is 7.06. The summed E-state index contributed by atoms with van der Waals surface area (Å²) in [5.41, 5.74) is 1.14. The molecule has 0 aromatic heterocycles. The summed E-state index contributed by atoms with van der Waals surface area (Å²) in [5, 5.41) is 4.78. The van der Waals surface area contributed by atoms with Crippen molar-refractivity contribution in [3.05, 3.63) is 48.6 Å². The van der Waals surface area contributed by atoms with Gasteiger partial charge in [0.1, 0.15) is 0 Å². The van der Waals surface area contributed by atoms with Crippen molar-refractivity contribution in [2.24, 2.45) is 0 Å². The Morgan fingerprint density at radius 2 is 2.00 bits per heavy atom. The van der Waals surface area contributed by atoms with Gasteiger partial charge >= 0.3 is 6.03 Å². The van der Waals surface area contributed by atoms with E-state index in [0.29, 0.717) is 13.1 Å². The highest BCUT2D eigenvalue weighted by Crippen LogP contribution is 2.03. The second kappa shape index (κ2) is 8.87. The summed E-state index contributed by atoms with van der Waals surface area (Å²) in [6, 6.07) is 9.41. The van der Waals surface area contributed by atoms with E-state index < -0.39 is 6.03 Å². The Morgan fingerprint density at radius 1 is 1.30 bits per heavy atom. The average Bonchev–Trinajstić information content (AvgIpc) is 2.45. The van der Waals surface area contributed by atoms with Crippen LogP contribution in [0.15, 0.2) is 43.0 Å². The summed E-state index contributed by atoms with van der Waals surface area (Å²) in [6.07, 6.45) is 1.55. The maximum absolute atomic E-state index is 11.7. The summed E-state index contributed by atoms with van der Waals surface area (Å²) < 4.78 is 0. The highest BCUT2D eigenvalue weighted by Gasteiger charge is 2.11. The molecule has 0 heterocycles. The van der Waals surface area contributed by atoms with Crippen molar-refractivity contribution in [1.82, 2.24) is 15.5 Å². The first-order valence-electron chi connectivity index (χ1n) is 6.60. The standard InChI is InChI=1S/C15H21N3O2/c1-3-10-16-15(20)17-14(19)12-18(4-2)11-13-8-6-5-7-9-13/h3,5-9H,1,4,10-12H2,2H3,(H2,16,17,19,20). The van der Waals surface area contributed by atoms with Crippen molar-refractivity contribution < 1.29 is 9.59 Å². The highest BCUT2D eigenvalue weighted by atomic mass is 16.2. The van der Waals surface area contributed by atoms with Gasteiger partial charge in [-0.25, -0.2) is 4.79 Å². The third-order valence-electron chi connectivity index (χ3n) is 2.72. The topological polar surface area (TPSA) is 61.4 Å². The summed E-state index contributed by atoms with van der Waals surface area (Å²) in [7, 11) is 0. The molecule has 0 radical (unpaired) electrons. The minimum Gasteiger partial charge on any atom is -0.334 e. The molecule has 5 heteroatoms. The number of urea groups is 1. The van der Waals surface area contributed by atoms with Gasteiger partial charge in [0.2, 0.25) is 5.91 Å². The van der Waals surface area contributed by atoms with Crippen LogP contribution in [0.1, 0.15) is 12.5 Å². The average molecular weight is 275 g/mol. The fourth-order valence-corrected chi connectivity index (χ4v) is 1.70. The number of carbonyl (C=O) groups excluding carboxylic acids is 2. The first-order chi connectivity index (χ1) is 9.65. The Bertz CT molecular complexity index is 446. The lowest BCUT2D eigenvalue weighted by molar-refractivity contribution is -0.121. The number of nitrogens with one attached hydrogen (secondary N) is 2. The third-order valence-corrected chi connectivity index (χ3v) is 2.72. The summed E-state index contributed by atoms with van der Waals surface area (Å²) in [6.45, 7) is 7.40. The lowest BCUT2D eigenvalue weighted by Crippen LogP contribution is -2.44. The van der Waals surface area contributed by atoms with E-state index in [0.717, 1.165) is 12.1 Å². The maximum atomic E-state index is 11.7. The van der Waals surface area contributed by atoms with Crippen LogP contribution in [0, 0.1) is 0 Å². The first kappa shape index (κ1) is 15.9. The van der Waals surface area contributed by atoms with Gasteiger partial charge in [-0.2, -0.15) is 0 Å². The monoisotopic (exact) mass is 275 g/mol. The van der Waals surface area contributed by atoms with E-state index in [-0.39, 0.29) is 12.5 Å². The molecule has 0 bridgehead atoms. The zero-order valence-corrected chi connectivity index (χ0v) is 11.8. The number of carbonyl (C=O) groups is 2. The molecular formula is C15H21N3O2. The molecule has 1 aromatic rings. The number of hydrogen-bond acceptors (Lipinski definition) is 3. The Labute approximate surface area is 119 Å². The van der Waals surface area contributed by atoms with Gasteiger partial charge in [-0.15, -0.1) is 6.58 Å². The minimum absolute atomic E-state index is 0.187. The van der Waals surface area contributed by atoms with E-state index >= 15 is 0 Å². The molecule has 0 aliphatic rings. The molecule has 0 spiro atoms. The molecule has 0 unspecified atom stereocenters. The Morgan fingerprint density at radius 3 is 2.60 bits per heavy atom. The van der Waals surface area contributed by atoms with Crippen molar-refractivity contribution in [2.75, 3.05) is 19.6 Å². The zero-order valence-electron chi connectivity index (χ0n) is 11.8. The van der Waals surface area contributed by atoms with Gasteiger partial charge in [0.25, 0.3) is 0 Å². The van der Waals surface area contributed by atoms with Gasteiger partial charge in [-0.05, 0) is 12.1 Å². The lowest BCUT2D eigenvalue weighted by atomic mass is 10.2. The number of imide groups is 1. The number of hydrogen-bond donors (Lipinski definition) is 2. The van der Waals surface area contributed by atoms with Crippen LogP contribution in [0.5, 0.6) is 0 Å². The van der Waals surface area contributed by atoms with Crippen LogP contribution in [0.3, 0.4) is 0 Å². The van der Waals surface area contributed by atoms with Crippen molar-refractivity contribution in [3.8, 4) is 0 Å². The summed E-state index contributed by atoms with van der Waals surface area (Å²) in [4.78, 5) is 25.0. The summed E-state index contributed by atoms with van der Waals surface area (Å²) >= 11 is 0. The van der Waals surface area contributed by atoms with Crippen molar-refractivity contribution >= 4 is 11.9 Å². The van der Waals surface area contributed by atoms with Gasteiger partial charge < -0.3 is 5.32 Å². The minimum atomic E-state index is -0.495. The molecule has 0 atom stereocenters. The quantitative estimate of drug-likeness (QED) is 0.742. The molecule has 0 saturated heterocycles. The van der Waals surface area contributed by atoms with Crippen molar-refractivity contribution in [2.45, 2.75) is 13.5 Å². The van der Waals surface area contributed by atoms with Gasteiger partial charge in [0.15, 0.2) is 0 Å². The van der Waals surface area contributed by atoms with E-state index in [2.05, 4.69) is 17.2 Å². The number of nitrogens with zero attached hydrogens (tertiary/aromatic N) is 1. The second-order valence-corrected chi connectivity index (χ2v) is 4.34. The number of amides is 3. The van der Waals surface area contributed by atoms with Crippen LogP contribution >= 0.6 is 0 Å². The lowest BCUT2D eigenvalue weighted by Gasteiger charge is -2.19. The van der Waals surface area contributed by atoms with E-state index in [1.807, 2.05) is 42.2 Å². The van der Waals surface area contributed by atoms with E-state index in [4.69, 9.17) is 0 Å². The van der Waals surface area contributed by atoms with Crippen LogP contribution in [0.4, 0.5) is 4.79 Å². The molecule has 1 rings (SSSR count). The SMILES string of the molecule is C=CCNC(=O)NC(=O)CN(CC)Cc1ccccc1. The fraction of sp³-hybridized carbons (Fsp3) is 0.333. The van der Waals surface area contributed by atoms with E-state index in [1.165, 1.54) is 0 Å². The zero-order chi connectivity index (χ0) is 14.8. The highest BCUT2D eigenvalue weighted by molar-refractivity contribution is 5.95. The van der Waals surface area contributed by atoms with Crippen molar-refractivity contribution in [3.63, 3.8) is 0 Å². The molecule has 0 fully saturated rings. The van der Waals surface area contributed by atoms with E-state index in [9.17, 15) is 9.59 Å². The molecule has 0 aliphatic carbocycles. The van der Waals surface area contributed by atoms with Gasteiger partial charge in [0.05, 0.1) is 6.54 Å². The Balaban J connectivity index is 2.41. The molecule has 0 aliphatic heterocycles. The predicted octanol–water partition coefficient (Wildman–Crippen LogP) is 1.52. The number of benzene rings is 1. The predicted molar refractivity (Wildman–Crippen MR) is 79.1 cm³/mol. The number of likely N-dealkylation sites (N-methyl/N-ethyl adjacent to an activating group) is 1. The van der Waals surface area contributed by atoms with Gasteiger partial charge in [0, 0.05) is 13.1 Å². The third kappa shape index (κ3) is 6.15. The van der Waals surface area contributed by atoms with Crippen LogP contribution in [0.2, 0.25) is 0 Å². The van der Waals surface area contributed by atoms with E-state index in [1.54, 1.807) is 6.08 Å².